The van der Waals surface area contributed by atoms with Crippen molar-refractivity contribution in [3.63, 3.8) is 0 Å². The highest BCUT2D eigenvalue weighted by molar-refractivity contribution is 9.09. The van der Waals surface area contributed by atoms with Gasteiger partial charge in [-0.15, -0.1) is 0 Å². The van der Waals surface area contributed by atoms with Crippen molar-refractivity contribution in [1.82, 2.24) is 0 Å². The van der Waals surface area contributed by atoms with Crippen molar-refractivity contribution >= 4 is 27.3 Å². The molecule has 4 N–H and O–H groups in total. The summed E-state index contributed by atoms with van der Waals surface area (Å²) in [5, 5.41) is 31.0. The van der Waals surface area contributed by atoms with Crippen LogP contribution < -0.4 is 5.73 Å². The van der Waals surface area contributed by atoms with Crippen LogP contribution in [-0.2, 0) is 0 Å². The fourth-order valence-electron chi connectivity index (χ4n) is 1.68. The van der Waals surface area contributed by atoms with E-state index in [1.807, 2.05) is 0 Å². The monoisotopic (exact) mass is 318 g/mol. The van der Waals surface area contributed by atoms with Gasteiger partial charge < -0.3 is 15.9 Å². The van der Waals surface area contributed by atoms with E-state index in [9.17, 15) is 20.3 Å². The van der Waals surface area contributed by atoms with Crippen LogP contribution in [0, 0.1) is 17.0 Å². The quantitative estimate of drug-likeness (QED) is 0.331. The second-order valence-corrected chi connectivity index (χ2v) is 4.83. The Morgan fingerprint density at radius 3 is 2.61 bits per heavy atom. The minimum absolute atomic E-state index is 0.105. The molecule has 0 spiro atoms. The van der Waals surface area contributed by atoms with Crippen LogP contribution in [0.1, 0.15) is 23.7 Å². The number of nitro groups is 1. The molecule has 100 valence electrons. The van der Waals surface area contributed by atoms with Crippen molar-refractivity contribution in [3.05, 3.63) is 33.4 Å². The minimum atomic E-state index is -1.24. The third kappa shape index (κ3) is 3.18. The second kappa shape index (κ2) is 6.12. The Kier molecular flexibility index (Phi) is 5.06. The molecular weight excluding hydrogens is 304 g/mol. The normalized spacial score (nSPS) is 14.2. The van der Waals surface area contributed by atoms with Crippen molar-refractivity contribution in [2.24, 2.45) is 0 Å². The van der Waals surface area contributed by atoms with Crippen molar-refractivity contribution in [2.75, 3.05) is 11.1 Å². The SMILES string of the molecule is Cc1cc(C(O)C(O)CCBr)c(N)c([N+](=O)[O-])c1. The largest absolute Gasteiger partial charge is 0.393 e. The number of rotatable bonds is 5. The number of nitro benzene ring substituents is 1. The second-order valence-electron chi connectivity index (χ2n) is 4.03. The third-order valence-corrected chi connectivity index (χ3v) is 3.08. The summed E-state index contributed by atoms with van der Waals surface area (Å²) < 4.78 is 0. The Morgan fingerprint density at radius 2 is 2.11 bits per heavy atom. The summed E-state index contributed by atoms with van der Waals surface area (Å²) in [5.74, 6) is 0. The molecule has 0 heterocycles. The van der Waals surface area contributed by atoms with Gasteiger partial charge in [0.1, 0.15) is 11.8 Å². The minimum Gasteiger partial charge on any atom is -0.393 e. The van der Waals surface area contributed by atoms with Gasteiger partial charge in [0.05, 0.1) is 11.0 Å². The molecule has 1 aromatic rings. The molecule has 2 unspecified atom stereocenters. The Labute approximate surface area is 113 Å². The van der Waals surface area contributed by atoms with Crippen LogP contribution in [-0.4, -0.2) is 26.6 Å². The van der Waals surface area contributed by atoms with Crippen LogP contribution in [0.25, 0.3) is 0 Å². The number of aliphatic hydroxyl groups is 2. The highest BCUT2D eigenvalue weighted by Gasteiger charge is 2.25. The molecule has 6 nitrogen and oxygen atoms in total. The smallest absolute Gasteiger partial charge is 0.292 e. The first-order chi connectivity index (χ1) is 8.38. The van der Waals surface area contributed by atoms with Crippen LogP contribution in [0.3, 0.4) is 0 Å². The van der Waals surface area contributed by atoms with E-state index in [1.165, 1.54) is 6.07 Å². The number of alkyl halides is 1. The lowest BCUT2D eigenvalue weighted by Gasteiger charge is -2.19. The van der Waals surface area contributed by atoms with Gasteiger partial charge in [-0.1, -0.05) is 22.0 Å². The number of nitrogens with zero attached hydrogens (tertiary/aromatic N) is 1. The van der Waals surface area contributed by atoms with Gasteiger partial charge in [-0.05, 0) is 18.9 Å². The molecule has 0 saturated carbocycles. The zero-order valence-corrected chi connectivity index (χ0v) is 11.4. The predicted molar refractivity (Wildman–Crippen MR) is 71.6 cm³/mol. The van der Waals surface area contributed by atoms with E-state index in [1.54, 1.807) is 13.0 Å². The van der Waals surface area contributed by atoms with Crippen LogP contribution >= 0.6 is 15.9 Å². The van der Waals surface area contributed by atoms with E-state index >= 15 is 0 Å². The maximum absolute atomic E-state index is 10.8. The molecule has 0 aliphatic rings. The van der Waals surface area contributed by atoms with E-state index in [-0.39, 0.29) is 16.9 Å². The van der Waals surface area contributed by atoms with Crippen molar-refractivity contribution in [2.45, 2.75) is 25.6 Å². The van der Waals surface area contributed by atoms with E-state index < -0.39 is 17.1 Å². The van der Waals surface area contributed by atoms with Crippen molar-refractivity contribution in [1.29, 1.82) is 0 Å². The third-order valence-electron chi connectivity index (χ3n) is 2.62. The van der Waals surface area contributed by atoms with Gasteiger partial charge in [-0.3, -0.25) is 10.1 Å². The van der Waals surface area contributed by atoms with Gasteiger partial charge in [0.2, 0.25) is 0 Å². The molecule has 0 amide bonds. The zero-order chi connectivity index (χ0) is 13.9. The molecule has 1 rings (SSSR count). The summed E-state index contributed by atoms with van der Waals surface area (Å²) in [6.45, 7) is 1.67. The maximum atomic E-state index is 10.8. The van der Waals surface area contributed by atoms with Crippen LogP contribution in [0.15, 0.2) is 12.1 Å². The lowest BCUT2D eigenvalue weighted by atomic mass is 9.98. The number of anilines is 1. The van der Waals surface area contributed by atoms with E-state index in [2.05, 4.69) is 15.9 Å². The number of hydrogen-bond donors (Lipinski definition) is 3. The highest BCUT2D eigenvalue weighted by atomic mass is 79.9. The Morgan fingerprint density at radius 1 is 1.50 bits per heavy atom. The first kappa shape index (κ1) is 14.9. The Balaban J connectivity index is 3.19. The fourth-order valence-corrected chi connectivity index (χ4v) is 2.15. The molecule has 2 atom stereocenters. The molecule has 0 radical (unpaired) electrons. The molecule has 0 bridgehead atoms. The first-order valence-corrected chi connectivity index (χ1v) is 6.47. The standard InChI is InChI=1S/C11H15BrN2O4/c1-6-4-7(11(16)9(15)2-3-12)10(13)8(5-6)14(17)18/h4-5,9,11,15-16H,2-3,13H2,1H3. The van der Waals surface area contributed by atoms with E-state index in [4.69, 9.17) is 5.73 Å². The Bertz CT molecular complexity index is 453. The van der Waals surface area contributed by atoms with Gasteiger partial charge >= 0.3 is 0 Å². The maximum Gasteiger partial charge on any atom is 0.292 e. The average molecular weight is 319 g/mol. The molecule has 0 aromatic heterocycles. The van der Waals surface area contributed by atoms with E-state index in [0.29, 0.717) is 17.3 Å². The summed E-state index contributed by atoms with van der Waals surface area (Å²) in [6, 6.07) is 2.88. The molecule has 0 fully saturated rings. The molecule has 0 aliphatic heterocycles. The van der Waals surface area contributed by atoms with Gasteiger partial charge in [0.25, 0.3) is 5.69 Å². The number of halogens is 1. The molecule has 18 heavy (non-hydrogen) atoms. The van der Waals surface area contributed by atoms with Gasteiger partial charge in [-0.2, -0.15) is 0 Å². The summed E-state index contributed by atoms with van der Waals surface area (Å²) >= 11 is 3.15. The summed E-state index contributed by atoms with van der Waals surface area (Å²) in [5.41, 5.74) is 6.10. The number of aryl methyl sites for hydroxylation is 1. The fraction of sp³-hybridized carbons (Fsp3) is 0.455. The Hall–Kier alpha value is -1.18. The number of nitrogen functional groups attached to an aromatic ring is 1. The average Bonchev–Trinajstić information content (AvgIpc) is 2.30. The van der Waals surface area contributed by atoms with E-state index in [0.717, 1.165) is 0 Å². The predicted octanol–water partition coefficient (Wildman–Crippen LogP) is 1.66. The zero-order valence-electron chi connectivity index (χ0n) is 9.84. The number of aliphatic hydroxyl groups excluding tert-OH is 2. The number of nitrogens with two attached hydrogens (primary N) is 1. The lowest BCUT2D eigenvalue weighted by molar-refractivity contribution is -0.384. The molecule has 0 aliphatic carbocycles. The van der Waals surface area contributed by atoms with Gasteiger partial charge in [0, 0.05) is 17.0 Å². The van der Waals surface area contributed by atoms with Crippen molar-refractivity contribution in [3.8, 4) is 0 Å². The number of benzene rings is 1. The van der Waals surface area contributed by atoms with Crippen LogP contribution in [0.4, 0.5) is 11.4 Å². The van der Waals surface area contributed by atoms with Gasteiger partial charge in [-0.25, -0.2) is 0 Å². The summed E-state index contributed by atoms with van der Waals surface area (Å²) in [4.78, 5) is 10.2. The van der Waals surface area contributed by atoms with Gasteiger partial charge in [0.15, 0.2) is 0 Å². The molecule has 0 saturated heterocycles. The highest BCUT2D eigenvalue weighted by Crippen LogP contribution is 2.33. The summed E-state index contributed by atoms with van der Waals surface area (Å²) in [7, 11) is 0. The topological polar surface area (TPSA) is 110 Å². The summed E-state index contributed by atoms with van der Waals surface area (Å²) in [6.07, 6.45) is -1.93. The van der Waals surface area contributed by atoms with Crippen LogP contribution in [0.2, 0.25) is 0 Å². The molecule has 7 heteroatoms. The lowest BCUT2D eigenvalue weighted by Crippen LogP contribution is -2.20. The molecular formula is C11H15BrN2O4. The van der Waals surface area contributed by atoms with Crippen LogP contribution in [0.5, 0.6) is 0 Å². The number of hydrogen-bond acceptors (Lipinski definition) is 5. The van der Waals surface area contributed by atoms with Crippen molar-refractivity contribution < 1.29 is 15.1 Å². The molecule has 1 aromatic carbocycles. The first-order valence-electron chi connectivity index (χ1n) is 5.35.